The second-order valence-corrected chi connectivity index (χ2v) is 6.14. The summed E-state index contributed by atoms with van der Waals surface area (Å²) in [5, 5.41) is 8.20. The van der Waals surface area contributed by atoms with Gasteiger partial charge in [-0.05, 0) is 41.3 Å². The van der Waals surface area contributed by atoms with Crippen molar-refractivity contribution in [2.45, 2.75) is 19.8 Å². The van der Waals surface area contributed by atoms with Gasteiger partial charge in [0.15, 0.2) is 0 Å². The molecule has 23 heavy (non-hydrogen) atoms. The molecule has 2 aromatic carbocycles. The number of hydrogen-bond donors (Lipinski definition) is 0. The van der Waals surface area contributed by atoms with Crippen molar-refractivity contribution >= 4 is 28.1 Å². The highest BCUT2D eigenvalue weighted by molar-refractivity contribution is 9.10. The number of hydrogen-bond acceptors (Lipinski definition) is 3. The molecule has 0 aliphatic rings. The largest absolute Gasteiger partial charge is 0.421 e. The van der Waals surface area contributed by atoms with Gasteiger partial charge >= 0.3 is 0 Å². The monoisotopic (exact) mass is 368 g/mol. The summed E-state index contributed by atoms with van der Waals surface area (Å²) in [4.78, 5) is 0. The van der Waals surface area contributed by atoms with Crippen molar-refractivity contribution < 1.29 is 4.42 Å². The molecule has 0 bridgehead atoms. The standard InChI is InChI=1S/C19H17BrN2O/c1-2-15-7-3-4-8-16(15)10-11-18-21-22-19(23-18)13-14-6-5-9-17(20)12-14/h3-12H,2,13H2,1H3. The third kappa shape index (κ3) is 4.17. The highest BCUT2D eigenvalue weighted by Gasteiger charge is 2.05. The minimum absolute atomic E-state index is 0.529. The summed E-state index contributed by atoms with van der Waals surface area (Å²) < 4.78 is 6.75. The van der Waals surface area contributed by atoms with Crippen LogP contribution in [0.4, 0.5) is 0 Å². The van der Waals surface area contributed by atoms with Gasteiger partial charge in [0.05, 0.1) is 6.42 Å². The summed E-state index contributed by atoms with van der Waals surface area (Å²) in [7, 11) is 0. The Bertz CT molecular complexity index is 823. The lowest BCUT2D eigenvalue weighted by Gasteiger charge is -2.00. The van der Waals surface area contributed by atoms with Crippen LogP contribution in [0.1, 0.15) is 35.4 Å². The Balaban J connectivity index is 1.73. The van der Waals surface area contributed by atoms with Gasteiger partial charge in [-0.15, -0.1) is 10.2 Å². The number of nitrogens with zero attached hydrogens (tertiary/aromatic N) is 2. The lowest BCUT2D eigenvalue weighted by atomic mass is 10.1. The summed E-state index contributed by atoms with van der Waals surface area (Å²) in [6, 6.07) is 16.4. The van der Waals surface area contributed by atoms with E-state index in [0.717, 1.165) is 16.5 Å². The van der Waals surface area contributed by atoms with Crippen molar-refractivity contribution in [2.75, 3.05) is 0 Å². The minimum atomic E-state index is 0.529. The van der Waals surface area contributed by atoms with E-state index in [1.165, 1.54) is 11.1 Å². The Morgan fingerprint density at radius 2 is 1.91 bits per heavy atom. The first kappa shape index (κ1) is 15.7. The topological polar surface area (TPSA) is 38.9 Å². The molecule has 0 aliphatic heterocycles. The quantitative estimate of drug-likeness (QED) is 0.624. The number of halogens is 1. The van der Waals surface area contributed by atoms with Crippen LogP contribution in [0.25, 0.3) is 12.2 Å². The summed E-state index contributed by atoms with van der Waals surface area (Å²) in [5.74, 6) is 1.15. The van der Waals surface area contributed by atoms with Crippen LogP contribution in [0.5, 0.6) is 0 Å². The van der Waals surface area contributed by atoms with Gasteiger partial charge in [0.2, 0.25) is 11.8 Å². The predicted octanol–water partition coefficient (Wildman–Crippen LogP) is 5.16. The molecule has 0 radical (unpaired) electrons. The summed E-state index contributed by atoms with van der Waals surface area (Å²) >= 11 is 3.47. The zero-order valence-electron chi connectivity index (χ0n) is 12.9. The van der Waals surface area contributed by atoms with Gasteiger partial charge in [-0.2, -0.15) is 0 Å². The molecule has 3 rings (SSSR count). The van der Waals surface area contributed by atoms with E-state index >= 15 is 0 Å². The minimum Gasteiger partial charge on any atom is -0.421 e. The van der Waals surface area contributed by atoms with E-state index in [2.05, 4.69) is 57.3 Å². The van der Waals surface area contributed by atoms with Gasteiger partial charge in [0.1, 0.15) is 0 Å². The molecule has 0 saturated carbocycles. The van der Waals surface area contributed by atoms with Crippen molar-refractivity contribution in [2.24, 2.45) is 0 Å². The molecular formula is C19H17BrN2O. The van der Waals surface area contributed by atoms with Crippen LogP contribution in [-0.4, -0.2) is 10.2 Å². The molecular weight excluding hydrogens is 352 g/mol. The zero-order valence-corrected chi connectivity index (χ0v) is 14.5. The second kappa shape index (κ2) is 7.38. The van der Waals surface area contributed by atoms with E-state index in [1.807, 2.05) is 36.4 Å². The van der Waals surface area contributed by atoms with Crippen molar-refractivity contribution in [3.8, 4) is 0 Å². The molecule has 3 nitrogen and oxygen atoms in total. The fraction of sp³-hybridized carbons (Fsp3) is 0.158. The van der Waals surface area contributed by atoms with Crippen LogP contribution in [0.3, 0.4) is 0 Å². The molecule has 0 amide bonds. The maximum absolute atomic E-state index is 5.70. The molecule has 1 aromatic heterocycles. The maximum atomic E-state index is 5.70. The van der Waals surface area contributed by atoms with E-state index in [-0.39, 0.29) is 0 Å². The molecule has 0 atom stereocenters. The average Bonchev–Trinajstić information content (AvgIpc) is 3.00. The van der Waals surface area contributed by atoms with E-state index < -0.39 is 0 Å². The number of aromatic nitrogens is 2. The van der Waals surface area contributed by atoms with Gasteiger partial charge in [-0.3, -0.25) is 0 Å². The second-order valence-electron chi connectivity index (χ2n) is 5.23. The molecule has 0 unspecified atom stereocenters. The zero-order chi connectivity index (χ0) is 16.1. The van der Waals surface area contributed by atoms with E-state index in [9.17, 15) is 0 Å². The van der Waals surface area contributed by atoms with Gasteiger partial charge in [-0.1, -0.05) is 59.3 Å². The van der Waals surface area contributed by atoms with Gasteiger partial charge in [0, 0.05) is 10.5 Å². The lowest BCUT2D eigenvalue weighted by molar-refractivity contribution is 0.496. The SMILES string of the molecule is CCc1ccccc1C=Cc1nnc(Cc2cccc(Br)c2)o1. The van der Waals surface area contributed by atoms with Crippen LogP contribution < -0.4 is 0 Å². The predicted molar refractivity (Wildman–Crippen MR) is 96.0 cm³/mol. The molecule has 0 spiro atoms. The molecule has 3 aromatic rings. The first-order valence-electron chi connectivity index (χ1n) is 7.57. The van der Waals surface area contributed by atoms with E-state index in [0.29, 0.717) is 18.2 Å². The van der Waals surface area contributed by atoms with Crippen molar-refractivity contribution in [1.29, 1.82) is 0 Å². The summed E-state index contributed by atoms with van der Waals surface area (Å²) in [5.41, 5.74) is 3.62. The molecule has 4 heteroatoms. The van der Waals surface area contributed by atoms with Crippen LogP contribution in [0, 0.1) is 0 Å². The fourth-order valence-corrected chi connectivity index (χ4v) is 2.85. The van der Waals surface area contributed by atoms with E-state index in [1.54, 1.807) is 0 Å². The Morgan fingerprint density at radius 1 is 1.04 bits per heavy atom. The van der Waals surface area contributed by atoms with Crippen LogP contribution in [-0.2, 0) is 12.8 Å². The first-order chi connectivity index (χ1) is 11.2. The summed E-state index contributed by atoms with van der Waals surface area (Å²) in [6.07, 6.45) is 5.52. The molecule has 0 fully saturated rings. The fourth-order valence-electron chi connectivity index (χ4n) is 2.41. The van der Waals surface area contributed by atoms with Gasteiger partial charge in [-0.25, -0.2) is 0 Å². The third-order valence-corrected chi connectivity index (χ3v) is 4.06. The average molecular weight is 369 g/mol. The Morgan fingerprint density at radius 3 is 2.74 bits per heavy atom. The highest BCUT2D eigenvalue weighted by atomic mass is 79.9. The smallest absolute Gasteiger partial charge is 0.240 e. The van der Waals surface area contributed by atoms with Gasteiger partial charge in [0.25, 0.3) is 0 Å². The lowest BCUT2D eigenvalue weighted by Crippen LogP contribution is -1.87. The van der Waals surface area contributed by atoms with Crippen LogP contribution in [0.15, 0.2) is 57.4 Å². The normalized spacial score (nSPS) is 11.2. The van der Waals surface area contributed by atoms with E-state index in [4.69, 9.17) is 4.42 Å². The number of benzene rings is 2. The number of rotatable bonds is 5. The van der Waals surface area contributed by atoms with Crippen molar-refractivity contribution in [3.63, 3.8) is 0 Å². The van der Waals surface area contributed by atoms with Crippen LogP contribution in [0.2, 0.25) is 0 Å². The highest BCUT2D eigenvalue weighted by Crippen LogP contribution is 2.16. The van der Waals surface area contributed by atoms with Crippen LogP contribution >= 0.6 is 15.9 Å². The number of aryl methyl sites for hydroxylation is 1. The summed E-state index contributed by atoms with van der Waals surface area (Å²) in [6.45, 7) is 2.15. The Kier molecular flexibility index (Phi) is 5.03. The Hall–Kier alpha value is -2.20. The molecule has 0 N–H and O–H groups in total. The third-order valence-electron chi connectivity index (χ3n) is 3.57. The molecule has 0 saturated heterocycles. The van der Waals surface area contributed by atoms with Crippen molar-refractivity contribution in [3.05, 3.63) is 81.5 Å². The van der Waals surface area contributed by atoms with Gasteiger partial charge < -0.3 is 4.42 Å². The molecule has 116 valence electrons. The maximum Gasteiger partial charge on any atom is 0.240 e. The van der Waals surface area contributed by atoms with Crippen molar-refractivity contribution in [1.82, 2.24) is 10.2 Å². The Labute approximate surface area is 144 Å². The molecule has 0 aliphatic carbocycles. The first-order valence-corrected chi connectivity index (χ1v) is 8.36. The molecule has 1 heterocycles.